The number of aromatic nitrogens is 5. The van der Waals surface area contributed by atoms with Gasteiger partial charge in [0.1, 0.15) is 0 Å². The van der Waals surface area contributed by atoms with E-state index in [1.807, 2.05) is 43.7 Å². The highest BCUT2D eigenvalue weighted by molar-refractivity contribution is 5.50. The maximum Gasteiger partial charge on any atom is 0.230 e. The monoisotopic (exact) mass is 247 g/mol. The zero-order valence-electron chi connectivity index (χ0n) is 11.0. The predicted octanol–water partition coefficient (Wildman–Crippen LogP) is 0.770. The zero-order valence-corrected chi connectivity index (χ0v) is 11.0. The van der Waals surface area contributed by atoms with Crippen molar-refractivity contribution in [3.05, 3.63) is 12.4 Å². The Bertz CT molecular complexity index is 532. The molecule has 0 amide bonds. The Morgan fingerprint density at radius 1 is 1.28 bits per heavy atom. The van der Waals surface area contributed by atoms with E-state index in [4.69, 9.17) is 0 Å². The molecule has 2 aromatic heterocycles. The third-order valence-electron chi connectivity index (χ3n) is 2.38. The van der Waals surface area contributed by atoms with Crippen molar-refractivity contribution in [1.82, 2.24) is 24.5 Å². The smallest absolute Gasteiger partial charge is 0.230 e. The Morgan fingerprint density at radius 3 is 2.61 bits per heavy atom. The van der Waals surface area contributed by atoms with Crippen LogP contribution in [0.25, 0.3) is 11.6 Å². The third-order valence-corrected chi connectivity index (χ3v) is 2.38. The molecule has 1 N–H and O–H groups in total. The van der Waals surface area contributed by atoms with Crippen LogP contribution in [-0.2, 0) is 7.05 Å². The van der Waals surface area contributed by atoms with E-state index in [1.54, 1.807) is 6.20 Å². The Hall–Kier alpha value is -2.18. The molecule has 7 nitrogen and oxygen atoms in total. The average molecular weight is 247 g/mol. The molecule has 2 aromatic rings. The fourth-order valence-corrected chi connectivity index (χ4v) is 1.48. The molecule has 2 heterocycles. The molecule has 96 valence electrons. The van der Waals surface area contributed by atoms with E-state index in [0.717, 1.165) is 12.4 Å². The highest BCUT2D eigenvalue weighted by atomic mass is 15.3. The Labute approximate surface area is 106 Å². The summed E-state index contributed by atoms with van der Waals surface area (Å²) in [7, 11) is 5.70. The Balaban J connectivity index is 2.50. The average Bonchev–Trinajstić information content (AvgIpc) is 2.75. The fourth-order valence-electron chi connectivity index (χ4n) is 1.48. The van der Waals surface area contributed by atoms with Crippen molar-refractivity contribution in [2.75, 3.05) is 30.9 Å². The maximum absolute atomic E-state index is 4.40. The largest absolute Gasteiger partial charge is 0.354 e. The van der Waals surface area contributed by atoms with Crippen LogP contribution < -0.4 is 10.2 Å². The van der Waals surface area contributed by atoms with Crippen LogP contribution >= 0.6 is 0 Å². The molecule has 0 saturated carbocycles. The summed E-state index contributed by atoms with van der Waals surface area (Å²) >= 11 is 0. The highest BCUT2D eigenvalue weighted by Gasteiger charge is 2.12. The van der Waals surface area contributed by atoms with Gasteiger partial charge in [0.15, 0.2) is 5.82 Å². The molecule has 0 bridgehead atoms. The van der Waals surface area contributed by atoms with Crippen LogP contribution in [0, 0.1) is 0 Å². The van der Waals surface area contributed by atoms with Gasteiger partial charge in [0.05, 0.1) is 0 Å². The lowest BCUT2D eigenvalue weighted by Crippen LogP contribution is -2.16. The molecule has 2 rings (SSSR count). The molecular formula is C11H17N7. The molecule has 0 unspecified atom stereocenters. The highest BCUT2D eigenvalue weighted by Crippen LogP contribution is 2.16. The van der Waals surface area contributed by atoms with Gasteiger partial charge in [-0.25, -0.2) is 4.98 Å². The standard InChI is InChI=1S/C11H17N7/c1-5-12-10-14-8(9-13-6-7-18(9)4)15-11(16-10)17(2)3/h6-7H,5H2,1-4H3,(H,12,14,15,16). The minimum atomic E-state index is 0.564. The van der Waals surface area contributed by atoms with Crippen molar-refractivity contribution in [3.8, 4) is 11.6 Å². The van der Waals surface area contributed by atoms with Gasteiger partial charge in [0.2, 0.25) is 17.7 Å². The number of nitrogens with zero attached hydrogens (tertiary/aromatic N) is 6. The zero-order chi connectivity index (χ0) is 13.1. The van der Waals surface area contributed by atoms with E-state index in [1.165, 1.54) is 0 Å². The number of imidazole rings is 1. The van der Waals surface area contributed by atoms with Gasteiger partial charge in [-0.3, -0.25) is 0 Å². The first-order valence-electron chi connectivity index (χ1n) is 5.76. The third kappa shape index (κ3) is 2.39. The summed E-state index contributed by atoms with van der Waals surface area (Å²) in [6, 6.07) is 0. The summed E-state index contributed by atoms with van der Waals surface area (Å²) in [6.45, 7) is 2.76. The van der Waals surface area contributed by atoms with Crippen molar-refractivity contribution in [2.24, 2.45) is 7.05 Å². The Kier molecular flexibility index (Phi) is 3.40. The van der Waals surface area contributed by atoms with E-state index in [9.17, 15) is 0 Å². The van der Waals surface area contributed by atoms with Gasteiger partial charge in [-0.05, 0) is 6.92 Å². The van der Waals surface area contributed by atoms with Gasteiger partial charge in [-0.2, -0.15) is 15.0 Å². The number of hydrogen-bond donors (Lipinski definition) is 1. The fraction of sp³-hybridized carbons (Fsp3) is 0.455. The molecule has 0 saturated heterocycles. The lowest BCUT2D eigenvalue weighted by Gasteiger charge is -2.12. The van der Waals surface area contributed by atoms with E-state index >= 15 is 0 Å². The minimum Gasteiger partial charge on any atom is -0.354 e. The van der Waals surface area contributed by atoms with Crippen molar-refractivity contribution >= 4 is 11.9 Å². The van der Waals surface area contributed by atoms with Gasteiger partial charge in [0.25, 0.3) is 0 Å². The SMILES string of the molecule is CCNc1nc(-c2nccn2C)nc(N(C)C)n1. The second-order valence-electron chi connectivity index (χ2n) is 4.07. The lowest BCUT2D eigenvalue weighted by molar-refractivity contribution is 0.887. The van der Waals surface area contributed by atoms with Crippen LogP contribution in [0.1, 0.15) is 6.92 Å². The van der Waals surface area contributed by atoms with Gasteiger partial charge < -0.3 is 14.8 Å². The number of rotatable bonds is 4. The second-order valence-corrected chi connectivity index (χ2v) is 4.07. The van der Waals surface area contributed by atoms with E-state index < -0.39 is 0 Å². The van der Waals surface area contributed by atoms with Gasteiger partial charge >= 0.3 is 0 Å². The Morgan fingerprint density at radius 2 is 2.06 bits per heavy atom. The van der Waals surface area contributed by atoms with Crippen molar-refractivity contribution in [2.45, 2.75) is 6.92 Å². The molecule has 0 aliphatic carbocycles. The topological polar surface area (TPSA) is 71.8 Å². The van der Waals surface area contributed by atoms with Crippen LogP contribution in [0.2, 0.25) is 0 Å². The maximum atomic E-state index is 4.40. The predicted molar refractivity (Wildman–Crippen MR) is 70.5 cm³/mol. The molecule has 0 aromatic carbocycles. The molecule has 7 heteroatoms. The van der Waals surface area contributed by atoms with Gasteiger partial charge in [-0.1, -0.05) is 0 Å². The molecule has 0 fully saturated rings. The molecule has 0 radical (unpaired) electrons. The van der Waals surface area contributed by atoms with Crippen molar-refractivity contribution < 1.29 is 0 Å². The molecule has 0 aliphatic heterocycles. The normalized spacial score (nSPS) is 10.4. The number of anilines is 2. The summed E-state index contributed by atoms with van der Waals surface area (Å²) in [4.78, 5) is 19.2. The minimum absolute atomic E-state index is 0.564. The van der Waals surface area contributed by atoms with Crippen LogP contribution in [0.3, 0.4) is 0 Å². The quantitative estimate of drug-likeness (QED) is 0.860. The second kappa shape index (κ2) is 4.99. The summed E-state index contributed by atoms with van der Waals surface area (Å²) in [6.07, 6.45) is 3.59. The van der Waals surface area contributed by atoms with Crippen LogP contribution in [0.15, 0.2) is 12.4 Å². The number of hydrogen-bond acceptors (Lipinski definition) is 6. The molecule has 0 atom stereocenters. The summed E-state index contributed by atoms with van der Waals surface area (Å²) in [5, 5.41) is 3.10. The molecule has 0 spiro atoms. The first-order chi connectivity index (χ1) is 8.61. The summed E-state index contributed by atoms with van der Waals surface area (Å²) in [5.41, 5.74) is 0. The lowest BCUT2D eigenvalue weighted by atomic mass is 10.5. The van der Waals surface area contributed by atoms with Crippen LogP contribution in [-0.4, -0.2) is 45.1 Å². The first kappa shape index (κ1) is 12.3. The van der Waals surface area contributed by atoms with Gasteiger partial charge in [-0.15, -0.1) is 0 Å². The van der Waals surface area contributed by atoms with E-state index in [2.05, 4.69) is 25.3 Å². The molecular weight excluding hydrogens is 230 g/mol. The molecule has 0 aliphatic rings. The number of nitrogens with one attached hydrogen (secondary N) is 1. The number of aryl methyl sites for hydroxylation is 1. The first-order valence-corrected chi connectivity index (χ1v) is 5.76. The summed E-state index contributed by atoms with van der Waals surface area (Å²) in [5.74, 6) is 2.46. The van der Waals surface area contributed by atoms with Crippen molar-refractivity contribution in [1.29, 1.82) is 0 Å². The van der Waals surface area contributed by atoms with Gasteiger partial charge in [0, 0.05) is 40.1 Å². The van der Waals surface area contributed by atoms with E-state index in [0.29, 0.717) is 17.7 Å². The van der Waals surface area contributed by atoms with Crippen LogP contribution in [0.5, 0.6) is 0 Å². The van der Waals surface area contributed by atoms with Crippen LogP contribution in [0.4, 0.5) is 11.9 Å². The summed E-state index contributed by atoms with van der Waals surface area (Å²) < 4.78 is 1.88. The van der Waals surface area contributed by atoms with Crippen molar-refractivity contribution in [3.63, 3.8) is 0 Å². The molecule has 18 heavy (non-hydrogen) atoms. The van der Waals surface area contributed by atoms with E-state index in [-0.39, 0.29) is 0 Å².